The molecule has 1 aromatic heterocycles. The van der Waals surface area contributed by atoms with Gasteiger partial charge in [-0.05, 0) is 49.4 Å². The summed E-state index contributed by atoms with van der Waals surface area (Å²) in [6, 6.07) is 14.2. The summed E-state index contributed by atoms with van der Waals surface area (Å²) >= 11 is 0. The number of hydrogen-bond acceptors (Lipinski definition) is 5. The molecule has 1 aliphatic rings. The molecule has 0 amide bonds. The number of nitrogen functional groups attached to an aromatic ring is 1. The second-order valence-corrected chi connectivity index (χ2v) is 6.97. The summed E-state index contributed by atoms with van der Waals surface area (Å²) < 4.78 is 4.03. The third-order valence-electron chi connectivity index (χ3n) is 5.13. The van der Waals surface area contributed by atoms with Gasteiger partial charge in [0, 0.05) is 42.2 Å². The highest BCUT2D eigenvalue weighted by molar-refractivity contribution is 5.77. The molecule has 0 spiro atoms. The lowest BCUT2D eigenvalue weighted by Gasteiger charge is -2.22. The number of aryl methyl sites for hydroxylation is 2. The lowest BCUT2D eigenvalue weighted by Crippen LogP contribution is -2.27. The molecule has 7 heteroatoms. The van der Waals surface area contributed by atoms with Crippen LogP contribution >= 0.6 is 0 Å². The van der Waals surface area contributed by atoms with Crippen molar-refractivity contribution in [3.63, 3.8) is 0 Å². The highest BCUT2D eigenvalue weighted by Gasteiger charge is 2.19. The molecule has 0 radical (unpaired) electrons. The molecule has 0 bridgehead atoms. The molecule has 140 valence electrons. The van der Waals surface area contributed by atoms with E-state index in [2.05, 4.69) is 32.6 Å². The van der Waals surface area contributed by atoms with Gasteiger partial charge in [0.1, 0.15) is 16.7 Å². The van der Waals surface area contributed by atoms with Crippen molar-refractivity contribution in [3.05, 3.63) is 42.5 Å². The van der Waals surface area contributed by atoms with Gasteiger partial charge >= 0.3 is 5.95 Å². The van der Waals surface area contributed by atoms with Crippen molar-refractivity contribution in [3.8, 4) is 0 Å². The van der Waals surface area contributed by atoms with E-state index in [-0.39, 0.29) is 0 Å². The summed E-state index contributed by atoms with van der Waals surface area (Å²) in [6.07, 6.45) is 1.17. The van der Waals surface area contributed by atoms with Gasteiger partial charge < -0.3 is 16.0 Å². The number of benzene rings is 2. The van der Waals surface area contributed by atoms with E-state index < -0.39 is 0 Å². The topological polar surface area (TPSA) is 74.8 Å². The molecule has 0 atom stereocenters. The van der Waals surface area contributed by atoms with Gasteiger partial charge in [0.25, 0.3) is 0 Å². The summed E-state index contributed by atoms with van der Waals surface area (Å²) in [5, 5.41) is 12.4. The monoisotopic (exact) mass is 364 g/mol. The van der Waals surface area contributed by atoms with Crippen molar-refractivity contribution in [2.45, 2.75) is 6.42 Å². The van der Waals surface area contributed by atoms with Crippen molar-refractivity contribution < 1.29 is 4.57 Å². The molecule has 4 rings (SSSR count). The van der Waals surface area contributed by atoms with E-state index in [9.17, 15) is 0 Å². The second kappa shape index (κ2) is 7.36. The minimum Gasteiger partial charge on any atom is -0.399 e. The van der Waals surface area contributed by atoms with Crippen LogP contribution in [0.4, 0.5) is 23.0 Å². The summed E-state index contributed by atoms with van der Waals surface area (Å²) in [5.74, 6) is 0.776. The van der Waals surface area contributed by atoms with Crippen molar-refractivity contribution in [2.24, 2.45) is 24.3 Å². The maximum atomic E-state index is 5.92. The fourth-order valence-electron chi connectivity index (χ4n) is 3.60. The molecular weight excluding hydrogens is 338 g/mol. The van der Waals surface area contributed by atoms with E-state index in [1.54, 1.807) is 0 Å². The number of hydrogen-bond donors (Lipinski definition) is 2. The minimum atomic E-state index is 0.742. The zero-order valence-corrected chi connectivity index (χ0v) is 15.9. The summed E-state index contributed by atoms with van der Waals surface area (Å²) in [7, 11) is 3.97. The molecule has 0 unspecified atom stereocenters. The van der Waals surface area contributed by atoms with Crippen LogP contribution in [0, 0.1) is 0 Å². The summed E-state index contributed by atoms with van der Waals surface area (Å²) in [5.41, 5.74) is 10.9. The Morgan fingerprint density at radius 2 is 1.85 bits per heavy atom. The largest absolute Gasteiger partial charge is 0.422 e. The van der Waals surface area contributed by atoms with Crippen LogP contribution in [0.3, 0.4) is 0 Å². The Hall–Kier alpha value is -2.93. The van der Waals surface area contributed by atoms with Gasteiger partial charge in [-0.2, -0.15) is 0 Å². The Labute approximate surface area is 159 Å². The van der Waals surface area contributed by atoms with Gasteiger partial charge in [-0.25, -0.2) is 9.13 Å². The van der Waals surface area contributed by atoms with Crippen LogP contribution in [0.5, 0.6) is 0 Å². The summed E-state index contributed by atoms with van der Waals surface area (Å²) in [4.78, 5) is 2.41. The van der Waals surface area contributed by atoms with Gasteiger partial charge in [0.15, 0.2) is 0 Å². The normalized spacial score (nSPS) is 15.6. The average Bonchev–Trinajstić information content (AvgIpc) is 2.88. The zero-order valence-electron chi connectivity index (χ0n) is 15.9. The van der Waals surface area contributed by atoms with Crippen LogP contribution in [0.2, 0.25) is 0 Å². The fourth-order valence-corrected chi connectivity index (χ4v) is 3.60. The van der Waals surface area contributed by atoms with Gasteiger partial charge in [-0.1, -0.05) is 5.11 Å². The number of imidazole rings is 1. The highest BCUT2D eigenvalue weighted by atomic mass is 15.3. The van der Waals surface area contributed by atoms with Crippen molar-refractivity contribution in [1.29, 1.82) is 0 Å². The molecule has 3 N–H and O–H groups in total. The number of nitrogens with two attached hydrogens (primary N) is 1. The van der Waals surface area contributed by atoms with Crippen LogP contribution in [0.1, 0.15) is 6.42 Å². The summed E-state index contributed by atoms with van der Waals surface area (Å²) in [6.45, 7) is 4.25. The highest BCUT2D eigenvalue weighted by Crippen LogP contribution is 2.24. The molecule has 3 aromatic rings. The Bertz CT molecular complexity index is 964. The van der Waals surface area contributed by atoms with Crippen molar-refractivity contribution >= 4 is 34.0 Å². The minimum absolute atomic E-state index is 0.742. The fraction of sp³-hybridized carbons (Fsp3) is 0.350. The van der Waals surface area contributed by atoms with E-state index >= 15 is 0 Å². The van der Waals surface area contributed by atoms with Crippen molar-refractivity contribution in [2.75, 3.05) is 36.8 Å². The predicted molar refractivity (Wildman–Crippen MR) is 109 cm³/mol. The number of nitrogens with zero attached hydrogens (tertiary/aromatic N) is 5. The lowest BCUT2D eigenvalue weighted by atomic mass is 10.2. The maximum absolute atomic E-state index is 5.92. The van der Waals surface area contributed by atoms with Crippen LogP contribution in [-0.2, 0) is 14.1 Å². The molecular formula is C20H26N7+. The van der Waals surface area contributed by atoms with E-state index in [0.29, 0.717) is 0 Å². The SMILES string of the molecule is Cn1c(/N=N/c2ccc(N3CCCNCC3)cc2)[n+](C)c2ccc(N)cc21. The van der Waals surface area contributed by atoms with Gasteiger partial charge in [-0.15, -0.1) is 0 Å². The smallest absolute Gasteiger partial charge is 0.399 e. The van der Waals surface area contributed by atoms with Crippen LogP contribution in [0.15, 0.2) is 52.7 Å². The number of azo groups is 1. The second-order valence-electron chi connectivity index (χ2n) is 6.97. The van der Waals surface area contributed by atoms with Crippen molar-refractivity contribution in [1.82, 2.24) is 9.88 Å². The van der Waals surface area contributed by atoms with E-state index in [0.717, 1.165) is 54.5 Å². The van der Waals surface area contributed by atoms with Gasteiger partial charge in [0.05, 0.1) is 14.1 Å². The molecule has 0 saturated carbocycles. The number of aromatic nitrogens is 2. The Morgan fingerprint density at radius 1 is 1.04 bits per heavy atom. The first-order chi connectivity index (χ1) is 13.1. The maximum Gasteiger partial charge on any atom is 0.422 e. The molecule has 2 aromatic carbocycles. The molecule has 1 aliphatic heterocycles. The van der Waals surface area contributed by atoms with Crippen LogP contribution < -0.4 is 20.5 Å². The van der Waals surface area contributed by atoms with Crippen LogP contribution in [0.25, 0.3) is 11.0 Å². The molecule has 0 aliphatic carbocycles. The predicted octanol–water partition coefficient (Wildman–Crippen LogP) is 2.80. The van der Waals surface area contributed by atoms with E-state index in [4.69, 9.17) is 5.73 Å². The molecule has 7 nitrogen and oxygen atoms in total. The number of fused-ring (bicyclic) bond motifs is 1. The molecule has 27 heavy (non-hydrogen) atoms. The Kier molecular flexibility index (Phi) is 4.77. The van der Waals surface area contributed by atoms with Gasteiger partial charge in [-0.3, -0.25) is 0 Å². The first-order valence-electron chi connectivity index (χ1n) is 9.35. The Morgan fingerprint density at radius 3 is 2.67 bits per heavy atom. The quantitative estimate of drug-likeness (QED) is 0.426. The van der Waals surface area contributed by atoms with Gasteiger partial charge in [0.2, 0.25) is 0 Å². The average molecular weight is 364 g/mol. The van der Waals surface area contributed by atoms with E-state index in [1.165, 1.54) is 12.1 Å². The lowest BCUT2D eigenvalue weighted by molar-refractivity contribution is -0.632. The zero-order chi connectivity index (χ0) is 18.8. The number of anilines is 2. The third-order valence-corrected chi connectivity index (χ3v) is 5.13. The van der Waals surface area contributed by atoms with E-state index in [1.807, 2.05) is 53.6 Å². The third kappa shape index (κ3) is 3.50. The number of rotatable bonds is 3. The first kappa shape index (κ1) is 17.5. The molecule has 2 heterocycles. The molecule has 1 saturated heterocycles. The molecule has 1 fully saturated rings. The first-order valence-corrected chi connectivity index (χ1v) is 9.35. The Balaban J connectivity index is 1.57. The standard InChI is InChI=1S/C20H26N7/c1-25-18-9-4-15(21)14-19(18)26(2)20(25)24-23-16-5-7-17(8-6-16)27-12-3-10-22-11-13-27/h4-9,14,22H,3,10-13,21H2,1-2H3/q+1. The number of nitrogens with one attached hydrogen (secondary N) is 1. The van der Waals surface area contributed by atoms with Crippen LogP contribution in [-0.4, -0.2) is 30.7 Å².